The van der Waals surface area contributed by atoms with Crippen LogP contribution in [0.15, 0.2) is 33.8 Å². The second kappa shape index (κ2) is 9.65. The summed E-state index contributed by atoms with van der Waals surface area (Å²) in [6.45, 7) is 4.24. The first-order valence-electron chi connectivity index (χ1n) is 8.42. The molecule has 1 aliphatic rings. The fourth-order valence-electron chi connectivity index (χ4n) is 2.72. The summed E-state index contributed by atoms with van der Waals surface area (Å²) in [6.07, 6.45) is 2.83. The lowest BCUT2D eigenvalue weighted by Gasteiger charge is -2.11. The van der Waals surface area contributed by atoms with E-state index in [0.29, 0.717) is 6.54 Å². The van der Waals surface area contributed by atoms with Crippen LogP contribution in [0.2, 0.25) is 0 Å². The van der Waals surface area contributed by atoms with Gasteiger partial charge in [0.15, 0.2) is 11.7 Å². The van der Waals surface area contributed by atoms with Crippen LogP contribution < -0.4 is 15.4 Å². The third-order valence-corrected chi connectivity index (χ3v) is 4.08. The minimum atomic E-state index is 0. The molecule has 2 heterocycles. The highest BCUT2D eigenvalue weighted by molar-refractivity contribution is 14.0. The van der Waals surface area contributed by atoms with E-state index in [9.17, 15) is 0 Å². The smallest absolute Gasteiger partial charge is 0.191 e. The predicted molar refractivity (Wildman–Crippen MR) is 109 cm³/mol. The molecule has 0 radical (unpaired) electrons. The summed E-state index contributed by atoms with van der Waals surface area (Å²) in [5, 5.41) is 10.5. The van der Waals surface area contributed by atoms with Crippen LogP contribution in [0.3, 0.4) is 0 Å². The zero-order chi connectivity index (χ0) is 16.8. The van der Waals surface area contributed by atoms with Crippen molar-refractivity contribution in [1.82, 2.24) is 15.8 Å². The Bertz CT molecular complexity index is 715. The standard InChI is InChI=1S/C18H24N4O2.HI/c1-3-15-11-16(24-22-15)12-21-18(19-2)20-8-6-13-4-5-17-14(10-13)7-9-23-17;/h4-5,10-11H,3,6-9,12H2,1-2H3,(H2,19,20,21);1H. The molecule has 7 heteroatoms. The Morgan fingerprint density at radius 2 is 2.16 bits per heavy atom. The predicted octanol–water partition coefficient (Wildman–Crippen LogP) is 2.70. The van der Waals surface area contributed by atoms with Crippen molar-refractivity contribution in [3.05, 3.63) is 46.8 Å². The Balaban J connectivity index is 0.00000225. The summed E-state index contributed by atoms with van der Waals surface area (Å²) in [5.41, 5.74) is 3.59. The lowest BCUT2D eigenvalue weighted by atomic mass is 10.1. The van der Waals surface area contributed by atoms with Crippen LogP contribution in [0, 0.1) is 0 Å². The Morgan fingerprint density at radius 3 is 2.92 bits per heavy atom. The molecule has 0 amide bonds. The molecular weight excluding hydrogens is 431 g/mol. The van der Waals surface area contributed by atoms with E-state index < -0.39 is 0 Å². The maximum absolute atomic E-state index is 5.54. The molecule has 2 aromatic rings. The number of aryl methyl sites for hydroxylation is 1. The molecule has 0 aliphatic carbocycles. The minimum Gasteiger partial charge on any atom is -0.493 e. The van der Waals surface area contributed by atoms with Crippen LogP contribution in [-0.4, -0.2) is 31.3 Å². The van der Waals surface area contributed by atoms with Gasteiger partial charge in [0, 0.05) is 26.1 Å². The number of fused-ring (bicyclic) bond motifs is 1. The van der Waals surface area contributed by atoms with Gasteiger partial charge in [-0.25, -0.2) is 0 Å². The number of rotatable bonds is 6. The lowest BCUT2D eigenvalue weighted by molar-refractivity contribution is 0.357. The molecule has 0 unspecified atom stereocenters. The van der Waals surface area contributed by atoms with Gasteiger partial charge in [-0.2, -0.15) is 0 Å². The fourth-order valence-corrected chi connectivity index (χ4v) is 2.72. The first kappa shape index (κ1) is 19.6. The largest absolute Gasteiger partial charge is 0.493 e. The molecule has 0 atom stereocenters. The zero-order valence-corrected chi connectivity index (χ0v) is 17.0. The Kier molecular flexibility index (Phi) is 7.54. The topological polar surface area (TPSA) is 71.7 Å². The first-order valence-corrected chi connectivity index (χ1v) is 8.42. The summed E-state index contributed by atoms with van der Waals surface area (Å²) in [7, 11) is 1.76. The molecular formula is C18H25IN4O2. The van der Waals surface area contributed by atoms with Gasteiger partial charge in [-0.05, 0) is 30.0 Å². The van der Waals surface area contributed by atoms with E-state index in [2.05, 4.69) is 45.9 Å². The molecule has 1 aromatic carbocycles. The summed E-state index contributed by atoms with van der Waals surface area (Å²) in [5.74, 6) is 2.60. The second-order valence-electron chi connectivity index (χ2n) is 5.78. The summed E-state index contributed by atoms with van der Waals surface area (Å²) >= 11 is 0. The van der Waals surface area contributed by atoms with Gasteiger partial charge in [-0.15, -0.1) is 24.0 Å². The van der Waals surface area contributed by atoms with Crippen LogP contribution in [-0.2, 0) is 25.8 Å². The van der Waals surface area contributed by atoms with Crippen molar-refractivity contribution in [3.8, 4) is 5.75 Å². The van der Waals surface area contributed by atoms with Gasteiger partial charge in [0.05, 0.1) is 18.8 Å². The van der Waals surface area contributed by atoms with Gasteiger partial charge in [-0.1, -0.05) is 24.2 Å². The van der Waals surface area contributed by atoms with Gasteiger partial charge in [0.1, 0.15) is 5.75 Å². The molecule has 25 heavy (non-hydrogen) atoms. The number of benzene rings is 1. The maximum Gasteiger partial charge on any atom is 0.191 e. The second-order valence-corrected chi connectivity index (χ2v) is 5.78. The monoisotopic (exact) mass is 456 g/mol. The molecule has 1 aromatic heterocycles. The van der Waals surface area contributed by atoms with Crippen LogP contribution >= 0.6 is 24.0 Å². The normalized spacial score (nSPS) is 13.0. The van der Waals surface area contributed by atoms with Gasteiger partial charge in [0.2, 0.25) is 0 Å². The average molecular weight is 456 g/mol. The Labute approximate surface area is 165 Å². The molecule has 0 fully saturated rings. The highest BCUT2D eigenvalue weighted by Crippen LogP contribution is 2.25. The van der Waals surface area contributed by atoms with E-state index in [-0.39, 0.29) is 24.0 Å². The molecule has 1 aliphatic heterocycles. The number of nitrogens with one attached hydrogen (secondary N) is 2. The van der Waals surface area contributed by atoms with Gasteiger partial charge >= 0.3 is 0 Å². The molecule has 136 valence electrons. The lowest BCUT2D eigenvalue weighted by Crippen LogP contribution is -2.37. The van der Waals surface area contributed by atoms with Crippen molar-refractivity contribution in [2.24, 2.45) is 4.99 Å². The van der Waals surface area contributed by atoms with E-state index >= 15 is 0 Å². The Morgan fingerprint density at radius 1 is 1.28 bits per heavy atom. The number of hydrogen-bond donors (Lipinski definition) is 2. The summed E-state index contributed by atoms with van der Waals surface area (Å²) in [4.78, 5) is 4.23. The average Bonchev–Trinajstić information content (AvgIpc) is 3.26. The quantitative estimate of drug-likeness (QED) is 0.398. The number of guanidine groups is 1. The van der Waals surface area contributed by atoms with Crippen molar-refractivity contribution < 1.29 is 9.26 Å². The number of halogens is 1. The van der Waals surface area contributed by atoms with Crippen LogP contribution in [0.5, 0.6) is 5.75 Å². The number of aliphatic imine (C=N–C) groups is 1. The zero-order valence-electron chi connectivity index (χ0n) is 14.7. The van der Waals surface area contributed by atoms with E-state index in [1.807, 2.05) is 6.07 Å². The maximum atomic E-state index is 5.54. The molecule has 0 saturated carbocycles. The molecule has 0 bridgehead atoms. The van der Waals surface area contributed by atoms with Gasteiger partial charge < -0.3 is 19.9 Å². The van der Waals surface area contributed by atoms with Crippen molar-refractivity contribution >= 4 is 29.9 Å². The molecule has 3 rings (SSSR count). The van der Waals surface area contributed by atoms with Crippen molar-refractivity contribution in [2.75, 3.05) is 20.2 Å². The summed E-state index contributed by atoms with van der Waals surface area (Å²) < 4.78 is 10.8. The van der Waals surface area contributed by atoms with Crippen molar-refractivity contribution in [2.45, 2.75) is 32.7 Å². The number of hydrogen-bond acceptors (Lipinski definition) is 4. The van der Waals surface area contributed by atoms with Crippen LogP contribution in [0.1, 0.15) is 29.5 Å². The molecule has 0 spiro atoms. The van der Waals surface area contributed by atoms with Crippen molar-refractivity contribution in [1.29, 1.82) is 0 Å². The number of aromatic nitrogens is 1. The highest BCUT2D eigenvalue weighted by atomic mass is 127. The number of ether oxygens (including phenoxy) is 1. The SMILES string of the molecule is CCc1cc(CNC(=NC)NCCc2ccc3c(c2)CCO3)on1.I. The highest BCUT2D eigenvalue weighted by Gasteiger charge is 2.11. The van der Waals surface area contributed by atoms with Crippen LogP contribution in [0.4, 0.5) is 0 Å². The molecule has 6 nitrogen and oxygen atoms in total. The van der Waals surface area contributed by atoms with E-state index in [1.165, 1.54) is 11.1 Å². The van der Waals surface area contributed by atoms with E-state index in [4.69, 9.17) is 9.26 Å². The van der Waals surface area contributed by atoms with E-state index in [1.54, 1.807) is 7.05 Å². The van der Waals surface area contributed by atoms with Gasteiger partial charge in [-0.3, -0.25) is 4.99 Å². The minimum absolute atomic E-state index is 0. The first-order chi connectivity index (χ1) is 11.8. The van der Waals surface area contributed by atoms with Crippen LogP contribution in [0.25, 0.3) is 0 Å². The Hall–Kier alpha value is -1.77. The van der Waals surface area contributed by atoms with Gasteiger partial charge in [0.25, 0.3) is 0 Å². The molecule has 0 saturated heterocycles. The van der Waals surface area contributed by atoms with Crippen molar-refractivity contribution in [3.63, 3.8) is 0 Å². The number of nitrogens with zero attached hydrogens (tertiary/aromatic N) is 2. The molecule has 2 N–H and O–H groups in total. The third kappa shape index (κ3) is 5.35. The summed E-state index contributed by atoms with van der Waals surface area (Å²) in [6, 6.07) is 8.40. The fraction of sp³-hybridized carbons (Fsp3) is 0.444. The third-order valence-electron chi connectivity index (χ3n) is 4.08. The van der Waals surface area contributed by atoms with E-state index in [0.717, 1.165) is 55.6 Å².